The van der Waals surface area contributed by atoms with E-state index in [9.17, 15) is 4.79 Å². The van der Waals surface area contributed by atoms with Gasteiger partial charge in [-0.25, -0.2) is 0 Å². The number of hydrogen-bond acceptors (Lipinski definition) is 2. The van der Waals surface area contributed by atoms with Gasteiger partial charge in [-0.2, -0.15) is 0 Å². The van der Waals surface area contributed by atoms with Crippen LogP contribution in [0, 0.1) is 5.92 Å². The van der Waals surface area contributed by atoms with Gasteiger partial charge in [0.1, 0.15) is 0 Å². The lowest BCUT2D eigenvalue weighted by molar-refractivity contribution is -0.137. The number of carboxylic acid groups (broad SMARTS) is 1. The van der Waals surface area contributed by atoms with E-state index in [1.807, 2.05) is 12.1 Å². The minimum absolute atomic E-state index is 0.0216. The Labute approximate surface area is 103 Å². The predicted octanol–water partition coefficient (Wildman–Crippen LogP) is 2.23. The van der Waals surface area contributed by atoms with Gasteiger partial charge in [-0.15, -0.1) is 0 Å². The fourth-order valence-electron chi connectivity index (χ4n) is 1.88. The van der Waals surface area contributed by atoms with Gasteiger partial charge in [-0.05, 0) is 29.9 Å². The van der Waals surface area contributed by atoms with Crippen LogP contribution in [0.2, 0.25) is 0 Å². The van der Waals surface area contributed by atoms with Crippen LogP contribution in [0.4, 0.5) is 0 Å². The van der Waals surface area contributed by atoms with Crippen LogP contribution in [0.25, 0.3) is 0 Å². The van der Waals surface area contributed by atoms with E-state index in [4.69, 9.17) is 10.8 Å². The van der Waals surface area contributed by atoms with Crippen LogP contribution in [-0.4, -0.2) is 17.1 Å². The first-order chi connectivity index (χ1) is 7.97. The zero-order chi connectivity index (χ0) is 12.8. The molecular weight excluding hydrogens is 214 g/mol. The monoisotopic (exact) mass is 235 g/mol. The molecule has 17 heavy (non-hydrogen) atoms. The Morgan fingerprint density at radius 2 is 1.65 bits per heavy atom. The highest BCUT2D eigenvalue weighted by atomic mass is 16.4. The molecule has 1 atom stereocenters. The van der Waals surface area contributed by atoms with Gasteiger partial charge in [0.25, 0.3) is 0 Å². The molecule has 0 heterocycles. The summed E-state index contributed by atoms with van der Waals surface area (Å²) in [5.74, 6) is -0.191. The molecule has 1 aromatic rings. The van der Waals surface area contributed by atoms with Crippen LogP contribution in [0.3, 0.4) is 0 Å². The van der Waals surface area contributed by atoms with Crippen molar-refractivity contribution in [3.63, 3.8) is 0 Å². The van der Waals surface area contributed by atoms with Crippen molar-refractivity contribution in [2.45, 2.75) is 39.2 Å². The van der Waals surface area contributed by atoms with E-state index >= 15 is 0 Å². The van der Waals surface area contributed by atoms with Crippen molar-refractivity contribution >= 4 is 5.97 Å². The molecule has 0 spiro atoms. The molecule has 1 rings (SSSR count). The lowest BCUT2D eigenvalue weighted by Crippen LogP contribution is -2.26. The number of aliphatic carboxylic acids is 1. The molecule has 0 aliphatic carbocycles. The Morgan fingerprint density at radius 1 is 1.18 bits per heavy atom. The summed E-state index contributed by atoms with van der Waals surface area (Å²) in [5.41, 5.74) is 8.16. The standard InChI is InChI=1S/C14H21NO2/c1-10(2)7-11-3-5-12(6-4-11)8-13(15)9-14(16)17/h3-6,10,13H,7-9,15H2,1-2H3,(H,16,17). The average Bonchev–Trinajstić information content (AvgIpc) is 2.18. The third-order valence-electron chi connectivity index (χ3n) is 2.60. The molecule has 0 aliphatic heterocycles. The Morgan fingerprint density at radius 3 is 2.06 bits per heavy atom. The third-order valence-corrected chi connectivity index (χ3v) is 2.60. The highest BCUT2D eigenvalue weighted by molar-refractivity contribution is 5.67. The molecule has 3 heteroatoms. The Kier molecular flexibility index (Phi) is 5.16. The number of carbonyl (C=O) groups is 1. The lowest BCUT2D eigenvalue weighted by atomic mass is 9.99. The molecule has 0 aliphatic rings. The van der Waals surface area contributed by atoms with Crippen LogP contribution >= 0.6 is 0 Å². The summed E-state index contributed by atoms with van der Waals surface area (Å²) in [4.78, 5) is 10.5. The molecule has 3 nitrogen and oxygen atoms in total. The Balaban J connectivity index is 2.53. The topological polar surface area (TPSA) is 63.3 Å². The van der Waals surface area contributed by atoms with E-state index in [0.29, 0.717) is 12.3 Å². The predicted molar refractivity (Wildman–Crippen MR) is 68.9 cm³/mol. The van der Waals surface area contributed by atoms with Gasteiger partial charge in [0, 0.05) is 6.04 Å². The number of rotatable bonds is 6. The lowest BCUT2D eigenvalue weighted by Gasteiger charge is -2.10. The Hall–Kier alpha value is -1.35. The van der Waals surface area contributed by atoms with E-state index in [2.05, 4.69) is 26.0 Å². The summed E-state index contributed by atoms with van der Waals surface area (Å²) in [5, 5.41) is 8.63. The maximum Gasteiger partial charge on any atom is 0.304 e. The first kappa shape index (κ1) is 13.7. The van der Waals surface area contributed by atoms with Crippen molar-refractivity contribution in [1.82, 2.24) is 0 Å². The summed E-state index contributed by atoms with van der Waals surface area (Å²) in [6.45, 7) is 4.38. The molecule has 0 fully saturated rings. The number of hydrogen-bond donors (Lipinski definition) is 2. The first-order valence-electron chi connectivity index (χ1n) is 6.02. The molecule has 0 radical (unpaired) electrons. The van der Waals surface area contributed by atoms with Crippen molar-refractivity contribution in [2.24, 2.45) is 11.7 Å². The SMILES string of the molecule is CC(C)Cc1ccc(CC(N)CC(=O)O)cc1. The number of benzene rings is 1. The summed E-state index contributed by atoms with van der Waals surface area (Å²) >= 11 is 0. The minimum Gasteiger partial charge on any atom is -0.481 e. The minimum atomic E-state index is -0.839. The molecule has 0 amide bonds. The molecule has 1 aromatic carbocycles. The summed E-state index contributed by atoms with van der Waals surface area (Å²) in [6.07, 6.45) is 1.71. The highest BCUT2D eigenvalue weighted by Crippen LogP contribution is 2.11. The van der Waals surface area contributed by atoms with Gasteiger partial charge in [-0.3, -0.25) is 4.79 Å². The quantitative estimate of drug-likeness (QED) is 0.794. The molecule has 0 aromatic heterocycles. The summed E-state index contributed by atoms with van der Waals surface area (Å²) < 4.78 is 0. The van der Waals surface area contributed by atoms with E-state index in [-0.39, 0.29) is 12.5 Å². The van der Waals surface area contributed by atoms with Crippen LogP contribution in [0.5, 0.6) is 0 Å². The smallest absolute Gasteiger partial charge is 0.304 e. The van der Waals surface area contributed by atoms with Crippen molar-refractivity contribution in [3.05, 3.63) is 35.4 Å². The van der Waals surface area contributed by atoms with Crippen molar-refractivity contribution < 1.29 is 9.90 Å². The average molecular weight is 235 g/mol. The number of nitrogens with two attached hydrogens (primary N) is 1. The van der Waals surface area contributed by atoms with Gasteiger partial charge in [0.15, 0.2) is 0 Å². The van der Waals surface area contributed by atoms with Gasteiger partial charge in [0.05, 0.1) is 6.42 Å². The maximum atomic E-state index is 10.5. The third kappa shape index (κ3) is 5.50. The van der Waals surface area contributed by atoms with E-state index in [0.717, 1.165) is 12.0 Å². The van der Waals surface area contributed by atoms with Crippen LogP contribution < -0.4 is 5.73 Å². The van der Waals surface area contributed by atoms with Crippen molar-refractivity contribution in [1.29, 1.82) is 0 Å². The van der Waals surface area contributed by atoms with Crippen LogP contribution in [-0.2, 0) is 17.6 Å². The molecule has 0 bridgehead atoms. The van der Waals surface area contributed by atoms with Crippen LogP contribution in [0.1, 0.15) is 31.4 Å². The first-order valence-corrected chi connectivity index (χ1v) is 6.02. The summed E-state index contributed by atoms with van der Waals surface area (Å²) in [7, 11) is 0. The molecular formula is C14H21NO2. The zero-order valence-electron chi connectivity index (χ0n) is 10.5. The van der Waals surface area contributed by atoms with Crippen molar-refractivity contribution in [3.8, 4) is 0 Å². The molecule has 94 valence electrons. The van der Waals surface area contributed by atoms with Gasteiger partial charge in [-0.1, -0.05) is 38.1 Å². The van der Waals surface area contributed by atoms with E-state index < -0.39 is 5.97 Å². The largest absolute Gasteiger partial charge is 0.481 e. The second-order valence-corrected chi connectivity index (χ2v) is 4.98. The number of carboxylic acids is 1. The maximum absolute atomic E-state index is 10.5. The van der Waals surface area contributed by atoms with Crippen molar-refractivity contribution in [2.75, 3.05) is 0 Å². The summed E-state index contributed by atoms with van der Waals surface area (Å²) in [6, 6.07) is 7.98. The fraction of sp³-hybridized carbons (Fsp3) is 0.500. The second-order valence-electron chi connectivity index (χ2n) is 4.98. The van der Waals surface area contributed by atoms with Crippen LogP contribution in [0.15, 0.2) is 24.3 Å². The fourth-order valence-corrected chi connectivity index (χ4v) is 1.88. The Bertz CT molecular complexity index is 357. The molecule has 3 N–H and O–H groups in total. The van der Waals surface area contributed by atoms with Gasteiger partial charge in [0.2, 0.25) is 0 Å². The highest BCUT2D eigenvalue weighted by Gasteiger charge is 2.08. The second kappa shape index (κ2) is 6.40. The molecule has 0 saturated heterocycles. The molecule has 1 unspecified atom stereocenters. The zero-order valence-corrected chi connectivity index (χ0v) is 10.5. The van der Waals surface area contributed by atoms with Gasteiger partial charge < -0.3 is 10.8 Å². The molecule has 0 saturated carbocycles. The van der Waals surface area contributed by atoms with E-state index in [1.165, 1.54) is 5.56 Å². The van der Waals surface area contributed by atoms with Gasteiger partial charge >= 0.3 is 5.97 Å². The van der Waals surface area contributed by atoms with E-state index in [1.54, 1.807) is 0 Å². The normalized spacial score (nSPS) is 12.7.